The van der Waals surface area contributed by atoms with E-state index in [0.29, 0.717) is 23.7 Å². The Bertz CT molecular complexity index is 876. The van der Waals surface area contributed by atoms with Gasteiger partial charge in [0.25, 0.3) is 11.8 Å². The maximum Gasteiger partial charge on any atom is 0.271 e. The lowest BCUT2D eigenvalue weighted by Gasteiger charge is -2.20. The molecule has 1 atom stereocenters. The van der Waals surface area contributed by atoms with Crippen LogP contribution < -0.4 is 14.9 Å². The molecule has 0 aliphatic heterocycles. The first kappa shape index (κ1) is 21.9. The van der Waals surface area contributed by atoms with Gasteiger partial charge in [0.1, 0.15) is 0 Å². The average Bonchev–Trinajstić information content (AvgIpc) is 2.69. The molecule has 7 heteroatoms. The molecule has 154 valence electrons. The minimum absolute atomic E-state index is 0.142. The van der Waals surface area contributed by atoms with Crippen molar-refractivity contribution in [3.05, 3.63) is 59.2 Å². The Morgan fingerprint density at radius 3 is 2.45 bits per heavy atom. The minimum Gasteiger partial charge on any atom is -0.490 e. The van der Waals surface area contributed by atoms with E-state index in [1.165, 1.54) is 11.1 Å². The van der Waals surface area contributed by atoms with Gasteiger partial charge in [-0.25, -0.2) is 5.43 Å². The van der Waals surface area contributed by atoms with Crippen molar-refractivity contribution >= 4 is 18.0 Å². The highest BCUT2D eigenvalue weighted by Crippen LogP contribution is 2.29. The normalized spacial score (nSPS) is 11.8. The fraction of sp³-hybridized carbons (Fsp3) is 0.318. The van der Waals surface area contributed by atoms with Gasteiger partial charge >= 0.3 is 0 Å². The van der Waals surface area contributed by atoms with Gasteiger partial charge in [-0.3, -0.25) is 9.59 Å². The molecule has 2 aromatic rings. The van der Waals surface area contributed by atoms with Gasteiger partial charge in [-0.2, -0.15) is 5.10 Å². The summed E-state index contributed by atoms with van der Waals surface area (Å²) in [5.41, 5.74) is 4.83. The number of carbonyl (C=O) groups is 2. The van der Waals surface area contributed by atoms with Crippen molar-refractivity contribution in [1.29, 1.82) is 0 Å². The van der Waals surface area contributed by atoms with Crippen molar-refractivity contribution < 1.29 is 19.1 Å². The van der Waals surface area contributed by atoms with E-state index in [2.05, 4.69) is 10.5 Å². The molecule has 0 heterocycles. The molecule has 2 amide bonds. The van der Waals surface area contributed by atoms with Crippen LogP contribution in [-0.4, -0.2) is 49.7 Å². The van der Waals surface area contributed by atoms with Gasteiger partial charge < -0.3 is 14.4 Å². The lowest BCUT2D eigenvalue weighted by molar-refractivity contribution is -0.135. The molecule has 0 aliphatic carbocycles. The molecule has 1 N–H and O–H groups in total. The lowest BCUT2D eigenvalue weighted by Crippen LogP contribution is -2.35. The molecule has 0 saturated heterocycles. The molecular formula is C22H27N3O4. The zero-order valence-corrected chi connectivity index (χ0v) is 17.4. The Morgan fingerprint density at radius 1 is 1.14 bits per heavy atom. The second kappa shape index (κ2) is 10.3. The number of nitrogens with zero attached hydrogens (tertiary/aromatic N) is 2. The second-order valence-electron chi connectivity index (χ2n) is 6.70. The molecule has 0 bridgehead atoms. The van der Waals surface area contributed by atoms with Crippen LogP contribution >= 0.6 is 0 Å². The van der Waals surface area contributed by atoms with Crippen molar-refractivity contribution in [3.63, 3.8) is 0 Å². The Hall–Kier alpha value is -3.35. The van der Waals surface area contributed by atoms with Gasteiger partial charge in [-0.05, 0) is 56.7 Å². The summed E-state index contributed by atoms with van der Waals surface area (Å²) in [6, 6.07) is 12.5. The van der Waals surface area contributed by atoms with E-state index in [4.69, 9.17) is 9.47 Å². The number of hydrazone groups is 1. The largest absolute Gasteiger partial charge is 0.490 e. The molecule has 29 heavy (non-hydrogen) atoms. The Balaban J connectivity index is 2.08. The van der Waals surface area contributed by atoms with Crippen LogP contribution in [0.15, 0.2) is 47.6 Å². The number of nitrogens with one attached hydrogen (secondary N) is 1. The lowest BCUT2D eigenvalue weighted by atomic mass is 10.1. The van der Waals surface area contributed by atoms with Gasteiger partial charge in [0.2, 0.25) is 0 Å². The predicted octanol–water partition coefficient (Wildman–Crippen LogP) is 3.01. The number of likely N-dealkylation sites (N-methyl/N-ethyl adjacent to an activating group) is 1. The van der Waals surface area contributed by atoms with Crippen molar-refractivity contribution in [2.45, 2.75) is 26.9 Å². The fourth-order valence-electron chi connectivity index (χ4n) is 2.51. The smallest absolute Gasteiger partial charge is 0.271 e. The Morgan fingerprint density at radius 2 is 1.83 bits per heavy atom. The summed E-state index contributed by atoms with van der Waals surface area (Å²) < 4.78 is 11.4. The molecule has 0 saturated carbocycles. The van der Waals surface area contributed by atoms with Gasteiger partial charge in [0.05, 0.1) is 12.8 Å². The van der Waals surface area contributed by atoms with Gasteiger partial charge in [-0.15, -0.1) is 0 Å². The third kappa shape index (κ3) is 6.34. The van der Waals surface area contributed by atoms with Crippen LogP contribution in [0.4, 0.5) is 0 Å². The number of ether oxygens (including phenoxy) is 2. The van der Waals surface area contributed by atoms with Crippen LogP contribution in [0.25, 0.3) is 0 Å². The molecule has 0 spiro atoms. The number of hydrogen-bond donors (Lipinski definition) is 1. The van der Waals surface area contributed by atoms with E-state index >= 15 is 0 Å². The quantitative estimate of drug-likeness (QED) is 0.548. The zero-order chi connectivity index (χ0) is 21.4. The van der Waals surface area contributed by atoms with Gasteiger partial charge in [-0.1, -0.05) is 17.7 Å². The SMILES string of the molecule is CCOc1cc(/C=N\NC(=O)c2ccc(C)cc2)ccc1O[C@@H](C)C(=O)N(C)C. The van der Waals surface area contributed by atoms with Gasteiger partial charge in [0, 0.05) is 19.7 Å². The molecule has 0 radical (unpaired) electrons. The van der Waals surface area contributed by atoms with E-state index in [-0.39, 0.29) is 11.8 Å². The van der Waals surface area contributed by atoms with Crippen LogP contribution in [-0.2, 0) is 4.79 Å². The second-order valence-corrected chi connectivity index (χ2v) is 6.70. The van der Waals surface area contributed by atoms with E-state index in [1.54, 1.807) is 51.4 Å². The highest BCUT2D eigenvalue weighted by molar-refractivity contribution is 5.95. The van der Waals surface area contributed by atoms with Crippen molar-refractivity contribution in [2.24, 2.45) is 5.10 Å². The summed E-state index contributed by atoms with van der Waals surface area (Å²) in [6.45, 7) is 5.95. The number of aryl methyl sites for hydroxylation is 1. The third-order valence-corrected chi connectivity index (χ3v) is 4.05. The van der Waals surface area contributed by atoms with Crippen LogP contribution in [0.3, 0.4) is 0 Å². The van der Waals surface area contributed by atoms with Crippen molar-refractivity contribution in [3.8, 4) is 11.5 Å². The molecule has 0 unspecified atom stereocenters. The van der Waals surface area contributed by atoms with E-state index in [1.807, 2.05) is 26.0 Å². The van der Waals surface area contributed by atoms with Crippen LogP contribution in [0, 0.1) is 6.92 Å². The fourth-order valence-corrected chi connectivity index (χ4v) is 2.51. The zero-order valence-electron chi connectivity index (χ0n) is 17.4. The molecule has 0 aromatic heterocycles. The molecule has 7 nitrogen and oxygen atoms in total. The molecule has 2 rings (SSSR count). The van der Waals surface area contributed by atoms with Gasteiger partial charge in [0.15, 0.2) is 17.6 Å². The van der Waals surface area contributed by atoms with Crippen molar-refractivity contribution in [1.82, 2.24) is 10.3 Å². The predicted molar refractivity (Wildman–Crippen MR) is 113 cm³/mol. The third-order valence-electron chi connectivity index (χ3n) is 4.05. The minimum atomic E-state index is -0.641. The standard InChI is InChI=1S/C22H27N3O4/c1-6-28-20-13-17(9-12-19(20)29-16(3)22(27)25(4)5)14-23-24-21(26)18-10-7-15(2)8-11-18/h7-14,16H,6H2,1-5H3,(H,24,26)/b23-14-/t16-/m0/s1. The molecule has 0 aliphatic rings. The molecule has 2 aromatic carbocycles. The highest BCUT2D eigenvalue weighted by atomic mass is 16.5. The number of hydrogen-bond acceptors (Lipinski definition) is 5. The summed E-state index contributed by atoms with van der Waals surface area (Å²) in [4.78, 5) is 25.6. The van der Waals surface area contributed by atoms with E-state index < -0.39 is 6.10 Å². The maximum absolute atomic E-state index is 12.1. The first-order chi connectivity index (χ1) is 13.8. The van der Waals surface area contributed by atoms with E-state index in [9.17, 15) is 9.59 Å². The topological polar surface area (TPSA) is 80.2 Å². The Kier molecular flexibility index (Phi) is 7.77. The first-order valence-corrected chi connectivity index (χ1v) is 9.36. The summed E-state index contributed by atoms with van der Waals surface area (Å²) in [5, 5.41) is 4.00. The van der Waals surface area contributed by atoms with Crippen LogP contribution in [0.5, 0.6) is 11.5 Å². The number of amides is 2. The van der Waals surface area contributed by atoms with Crippen LogP contribution in [0.2, 0.25) is 0 Å². The average molecular weight is 397 g/mol. The molecular weight excluding hydrogens is 370 g/mol. The number of benzene rings is 2. The highest BCUT2D eigenvalue weighted by Gasteiger charge is 2.18. The first-order valence-electron chi connectivity index (χ1n) is 9.36. The van der Waals surface area contributed by atoms with E-state index in [0.717, 1.165) is 11.1 Å². The summed E-state index contributed by atoms with van der Waals surface area (Å²) in [7, 11) is 3.35. The summed E-state index contributed by atoms with van der Waals surface area (Å²) in [6.07, 6.45) is 0.879. The number of rotatable bonds is 8. The summed E-state index contributed by atoms with van der Waals surface area (Å²) in [5.74, 6) is 0.536. The maximum atomic E-state index is 12.1. The number of carbonyl (C=O) groups excluding carboxylic acids is 2. The summed E-state index contributed by atoms with van der Waals surface area (Å²) >= 11 is 0. The Labute approximate surface area is 171 Å². The monoisotopic (exact) mass is 397 g/mol. The van der Waals surface area contributed by atoms with Crippen molar-refractivity contribution in [2.75, 3.05) is 20.7 Å². The van der Waals surface area contributed by atoms with Crippen LogP contribution in [0.1, 0.15) is 35.3 Å². The molecule has 0 fully saturated rings.